The van der Waals surface area contributed by atoms with Crippen molar-refractivity contribution in [2.24, 2.45) is 5.10 Å². The molecular formula is C14H16ClF3N6O3. The molecule has 0 unspecified atom stereocenters. The van der Waals surface area contributed by atoms with Crippen molar-refractivity contribution in [3.63, 3.8) is 0 Å². The number of hydrazone groups is 1. The number of nitrogens with one attached hydrogen (secondary N) is 4. The molecule has 9 nitrogen and oxygen atoms in total. The number of halogens is 4. The predicted molar refractivity (Wildman–Crippen MR) is 90.6 cm³/mol. The molecular weight excluding hydrogens is 393 g/mol. The molecule has 2 amide bonds. The number of carbonyl (C=O) groups is 2. The van der Waals surface area contributed by atoms with E-state index >= 15 is 0 Å². The number of rotatable bonds is 5. The summed E-state index contributed by atoms with van der Waals surface area (Å²) >= 11 is 6.06. The van der Waals surface area contributed by atoms with Crippen molar-refractivity contribution in [1.29, 1.82) is 0 Å². The fraction of sp³-hybridized carbons (Fsp3) is 0.357. The average molecular weight is 409 g/mol. The molecule has 1 heterocycles. The van der Waals surface area contributed by atoms with E-state index < -0.39 is 34.6 Å². The summed E-state index contributed by atoms with van der Waals surface area (Å²) in [6, 6.07) is 1.93. The van der Waals surface area contributed by atoms with Crippen LogP contribution in [0.3, 0.4) is 0 Å². The SMILES string of the molecule is CCCN1NNN=C1NC(=O)c1ccc(OC(F)(F)F)c(NC(C)=O)c1Cl. The monoisotopic (exact) mass is 408 g/mol. The summed E-state index contributed by atoms with van der Waals surface area (Å²) in [5.41, 5.74) is 4.50. The van der Waals surface area contributed by atoms with Crippen LogP contribution < -0.4 is 26.4 Å². The first-order valence-electron chi connectivity index (χ1n) is 7.65. The minimum Gasteiger partial charge on any atom is -0.404 e. The molecule has 27 heavy (non-hydrogen) atoms. The second kappa shape index (κ2) is 8.31. The first-order chi connectivity index (χ1) is 12.6. The van der Waals surface area contributed by atoms with Gasteiger partial charge in [-0.1, -0.05) is 18.5 Å². The molecule has 0 bridgehead atoms. The van der Waals surface area contributed by atoms with Crippen LogP contribution in [0.5, 0.6) is 5.75 Å². The van der Waals surface area contributed by atoms with Crippen LogP contribution in [0.15, 0.2) is 17.2 Å². The molecule has 1 aliphatic rings. The molecule has 0 radical (unpaired) electrons. The molecule has 1 aliphatic heterocycles. The number of amides is 2. The Morgan fingerprint density at radius 3 is 2.63 bits per heavy atom. The van der Waals surface area contributed by atoms with Crippen molar-refractivity contribution in [2.75, 3.05) is 11.9 Å². The number of hydrogen-bond acceptors (Lipinski definition) is 7. The van der Waals surface area contributed by atoms with E-state index in [9.17, 15) is 22.8 Å². The van der Waals surface area contributed by atoms with Crippen molar-refractivity contribution in [3.05, 3.63) is 22.7 Å². The van der Waals surface area contributed by atoms with Crippen LogP contribution in [0.1, 0.15) is 30.6 Å². The Morgan fingerprint density at radius 1 is 1.33 bits per heavy atom. The Morgan fingerprint density at radius 2 is 2.04 bits per heavy atom. The van der Waals surface area contributed by atoms with Crippen LogP contribution >= 0.6 is 11.6 Å². The van der Waals surface area contributed by atoms with Gasteiger partial charge in [0.05, 0.1) is 10.6 Å². The van der Waals surface area contributed by atoms with Crippen LogP contribution in [0, 0.1) is 0 Å². The van der Waals surface area contributed by atoms with E-state index in [1.165, 1.54) is 5.01 Å². The second-order valence-corrected chi connectivity index (χ2v) is 5.67. The van der Waals surface area contributed by atoms with Gasteiger partial charge in [0.15, 0.2) is 5.75 Å². The molecule has 0 spiro atoms. The summed E-state index contributed by atoms with van der Waals surface area (Å²) in [7, 11) is 0. The van der Waals surface area contributed by atoms with E-state index in [2.05, 4.69) is 31.5 Å². The van der Waals surface area contributed by atoms with E-state index in [0.29, 0.717) is 6.54 Å². The molecule has 0 fully saturated rings. The van der Waals surface area contributed by atoms with E-state index in [1.807, 2.05) is 6.92 Å². The number of hydrogen-bond donors (Lipinski definition) is 4. The fourth-order valence-corrected chi connectivity index (χ4v) is 2.43. The Labute approximate surface area is 156 Å². The Kier molecular flexibility index (Phi) is 6.33. The summed E-state index contributed by atoms with van der Waals surface area (Å²) in [4.78, 5) is 23.8. The van der Waals surface area contributed by atoms with Crippen molar-refractivity contribution < 1.29 is 27.5 Å². The standard InChI is InChI=1S/C14H16ClF3N6O3/c1-3-6-24-13(21-22-23-24)20-12(26)8-4-5-9(27-14(16,17)18)11(10(8)15)19-7(2)25/h4-5,22-23H,3,6H2,1-2H3,(H,19,25)(H,20,21,26). The minimum atomic E-state index is -5.00. The highest BCUT2D eigenvalue weighted by Crippen LogP contribution is 2.38. The summed E-state index contributed by atoms with van der Waals surface area (Å²) in [6.45, 7) is 3.51. The molecule has 1 aromatic carbocycles. The van der Waals surface area contributed by atoms with E-state index in [4.69, 9.17) is 11.6 Å². The van der Waals surface area contributed by atoms with Crippen LogP contribution in [-0.2, 0) is 4.79 Å². The average Bonchev–Trinajstić information content (AvgIpc) is 2.96. The lowest BCUT2D eigenvalue weighted by atomic mass is 10.1. The van der Waals surface area contributed by atoms with E-state index in [-0.39, 0.29) is 11.5 Å². The molecule has 0 saturated carbocycles. The molecule has 0 aromatic heterocycles. The van der Waals surface area contributed by atoms with Gasteiger partial charge in [-0.05, 0) is 18.6 Å². The second-order valence-electron chi connectivity index (χ2n) is 5.29. The first kappa shape index (κ1) is 20.6. The van der Waals surface area contributed by atoms with Crippen molar-refractivity contribution in [2.45, 2.75) is 26.6 Å². The number of alkyl halides is 3. The topological polar surface area (TPSA) is 107 Å². The number of carbonyl (C=O) groups excluding carboxylic acids is 2. The lowest BCUT2D eigenvalue weighted by Crippen LogP contribution is -2.48. The lowest BCUT2D eigenvalue weighted by Gasteiger charge is -2.19. The highest BCUT2D eigenvalue weighted by Gasteiger charge is 2.33. The van der Waals surface area contributed by atoms with Gasteiger partial charge in [0.25, 0.3) is 5.91 Å². The fourth-order valence-electron chi connectivity index (χ4n) is 2.14. The van der Waals surface area contributed by atoms with Crippen LogP contribution in [0.2, 0.25) is 5.02 Å². The predicted octanol–water partition coefficient (Wildman–Crippen LogP) is 1.93. The molecule has 0 saturated heterocycles. The smallest absolute Gasteiger partial charge is 0.404 e. The van der Waals surface area contributed by atoms with Crippen molar-refractivity contribution >= 4 is 35.1 Å². The normalized spacial score (nSPS) is 13.7. The molecule has 4 N–H and O–H groups in total. The zero-order valence-corrected chi connectivity index (χ0v) is 15.0. The summed E-state index contributed by atoms with van der Waals surface area (Å²) in [5.74, 6) is -2.03. The third kappa shape index (κ3) is 5.37. The highest BCUT2D eigenvalue weighted by atomic mass is 35.5. The molecule has 13 heteroatoms. The van der Waals surface area contributed by atoms with Crippen molar-refractivity contribution in [3.8, 4) is 5.75 Å². The molecule has 0 atom stereocenters. The van der Waals surface area contributed by atoms with Gasteiger partial charge in [-0.3, -0.25) is 19.9 Å². The zero-order valence-electron chi connectivity index (χ0n) is 14.2. The number of anilines is 1. The number of benzene rings is 1. The third-order valence-electron chi connectivity index (χ3n) is 3.15. The van der Waals surface area contributed by atoms with Gasteiger partial charge in [0, 0.05) is 13.5 Å². The molecule has 2 rings (SSSR count). The summed E-state index contributed by atoms with van der Waals surface area (Å²) in [6.07, 6.45) is -4.25. The molecule has 1 aromatic rings. The number of guanidine groups is 1. The summed E-state index contributed by atoms with van der Waals surface area (Å²) < 4.78 is 41.5. The van der Waals surface area contributed by atoms with Crippen LogP contribution in [0.4, 0.5) is 18.9 Å². The highest BCUT2D eigenvalue weighted by molar-refractivity contribution is 6.37. The lowest BCUT2D eigenvalue weighted by molar-refractivity contribution is -0.274. The largest absolute Gasteiger partial charge is 0.573 e. The van der Waals surface area contributed by atoms with Gasteiger partial charge in [0.2, 0.25) is 11.9 Å². The maximum Gasteiger partial charge on any atom is 0.573 e. The van der Waals surface area contributed by atoms with Gasteiger partial charge in [0.1, 0.15) is 5.69 Å². The number of hydrazine groups is 2. The van der Waals surface area contributed by atoms with Gasteiger partial charge in [-0.15, -0.1) is 23.8 Å². The van der Waals surface area contributed by atoms with Crippen LogP contribution in [0.25, 0.3) is 0 Å². The molecule has 148 valence electrons. The molecule has 0 aliphatic carbocycles. The maximum absolute atomic E-state index is 12.5. The van der Waals surface area contributed by atoms with Gasteiger partial charge in [-0.2, -0.15) is 0 Å². The van der Waals surface area contributed by atoms with Crippen molar-refractivity contribution in [1.82, 2.24) is 21.4 Å². The number of ether oxygens (including phenoxy) is 1. The third-order valence-corrected chi connectivity index (χ3v) is 3.54. The first-order valence-corrected chi connectivity index (χ1v) is 8.03. The Balaban J connectivity index is 2.31. The number of nitrogens with zero attached hydrogens (tertiary/aromatic N) is 2. The van der Waals surface area contributed by atoms with E-state index in [1.54, 1.807) is 0 Å². The maximum atomic E-state index is 12.5. The van der Waals surface area contributed by atoms with Gasteiger partial charge in [-0.25, -0.2) is 5.53 Å². The zero-order chi connectivity index (χ0) is 20.2. The van der Waals surface area contributed by atoms with Gasteiger partial charge >= 0.3 is 6.36 Å². The summed E-state index contributed by atoms with van der Waals surface area (Å²) in [5, 5.41) is 9.55. The van der Waals surface area contributed by atoms with Gasteiger partial charge < -0.3 is 10.1 Å². The Hall–Kier alpha value is -2.73. The quantitative estimate of drug-likeness (QED) is 0.593. The van der Waals surface area contributed by atoms with Crippen LogP contribution in [-0.4, -0.2) is 35.7 Å². The van der Waals surface area contributed by atoms with E-state index in [0.717, 1.165) is 25.5 Å². The Bertz CT molecular complexity index is 771. The minimum absolute atomic E-state index is 0.148.